The molecule has 0 aromatic rings. The smallest absolute Gasteiger partial charge is 0.237 e. The molecule has 0 bridgehead atoms. The standard InChI is InChI=1S/C13H25N3O/c1-16(2)8-7-14-13(17)12-9-10-5-3-4-6-11(10)15-12/h10-12,15H,3-9H2,1-2H3,(H,14,17). The van der Waals surface area contributed by atoms with Crippen molar-refractivity contribution in [3.63, 3.8) is 0 Å². The fraction of sp³-hybridized carbons (Fsp3) is 0.923. The van der Waals surface area contributed by atoms with Gasteiger partial charge < -0.3 is 15.5 Å². The molecule has 1 aliphatic carbocycles. The van der Waals surface area contributed by atoms with E-state index in [0.717, 1.165) is 25.4 Å². The normalized spacial score (nSPS) is 32.5. The molecule has 0 spiro atoms. The van der Waals surface area contributed by atoms with E-state index < -0.39 is 0 Å². The Bertz CT molecular complexity index is 253. The van der Waals surface area contributed by atoms with Crippen LogP contribution in [0.4, 0.5) is 0 Å². The van der Waals surface area contributed by atoms with Crippen molar-refractivity contribution in [2.75, 3.05) is 27.2 Å². The number of nitrogens with one attached hydrogen (secondary N) is 2. The molecule has 2 aliphatic rings. The topological polar surface area (TPSA) is 44.4 Å². The van der Waals surface area contributed by atoms with Gasteiger partial charge in [-0.1, -0.05) is 12.8 Å². The van der Waals surface area contributed by atoms with Crippen molar-refractivity contribution in [1.29, 1.82) is 0 Å². The maximum absolute atomic E-state index is 12.0. The second-order valence-corrected chi connectivity index (χ2v) is 5.70. The third-order valence-corrected chi connectivity index (χ3v) is 4.04. The molecule has 2 rings (SSSR count). The minimum absolute atomic E-state index is 0.0604. The summed E-state index contributed by atoms with van der Waals surface area (Å²) in [7, 11) is 4.04. The van der Waals surface area contributed by atoms with Gasteiger partial charge in [-0.05, 0) is 39.3 Å². The van der Waals surface area contributed by atoms with Crippen molar-refractivity contribution in [3.8, 4) is 0 Å². The molecule has 3 unspecified atom stereocenters. The molecule has 0 aromatic heterocycles. The van der Waals surface area contributed by atoms with Gasteiger partial charge >= 0.3 is 0 Å². The van der Waals surface area contributed by atoms with Gasteiger partial charge in [0.05, 0.1) is 6.04 Å². The third kappa shape index (κ3) is 3.42. The van der Waals surface area contributed by atoms with Gasteiger partial charge in [0.1, 0.15) is 0 Å². The van der Waals surface area contributed by atoms with Crippen LogP contribution in [0.25, 0.3) is 0 Å². The first kappa shape index (κ1) is 12.8. The van der Waals surface area contributed by atoms with Crippen molar-refractivity contribution in [2.45, 2.75) is 44.2 Å². The molecular formula is C13H25N3O. The molecule has 2 fully saturated rings. The van der Waals surface area contributed by atoms with Crippen LogP contribution in [0.3, 0.4) is 0 Å². The number of nitrogens with zero attached hydrogens (tertiary/aromatic N) is 1. The highest BCUT2D eigenvalue weighted by Gasteiger charge is 2.37. The van der Waals surface area contributed by atoms with Crippen LogP contribution in [-0.2, 0) is 4.79 Å². The molecule has 1 saturated heterocycles. The number of hydrogen-bond donors (Lipinski definition) is 2. The molecule has 17 heavy (non-hydrogen) atoms. The highest BCUT2D eigenvalue weighted by molar-refractivity contribution is 5.82. The van der Waals surface area contributed by atoms with Crippen LogP contribution < -0.4 is 10.6 Å². The van der Waals surface area contributed by atoms with Crippen LogP contribution in [0.15, 0.2) is 0 Å². The predicted octanol–water partition coefficient (Wildman–Crippen LogP) is 0.585. The van der Waals surface area contributed by atoms with Gasteiger partial charge in [0, 0.05) is 19.1 Å². The summed E-state index contributed by atoms with van der Waals surface area (Å²) >= 11 is 0. The molecule has 98 valence electrons. The average Bonchev–Trinajstić information content (AvgIpc) is 2.71. The number of likely N-dealkylation sites (N-methyl/N-ethyl adjacent to an activating group) is 1. The summed E-state index contributed by atoms with van der Waals surface area (Å²) in [5.74, 6) is 0.939. The van der Waals surface area contributed by atoms with E-state index in [1.165, 1.54) is 25.7 Å². The maximum atomic E-state index is 12.0. The first-order chi connectivity index (χ1) is 8.16. The summed E-state index contributed by atoms with van der Waals surface area (Å²) in [6, 6.07) is 0.665. The number of hydrogen-bond acceptors (Lipinski definition) is 3. The summed E-state index contributed by atoms with van der Waals surface area (Å²) in [6.45, 7) is 1.66. The SMILES string of the molecule is CN(C)CCNC(=O)C1CC2CCCCC2N1. The number of carbonyl (C=O) groups is 1. The Balaban J connectivity index is 1.73. The van der Waals surface area contributed by atoms with Crippen LogP contribution in [-0.4, -0.2) is 50.1 Å². The zero-order valence-corrected chi connectivity index (χ0v) is 11.0. The van der Waals surface area contributed by atoms with Gasteiger partial charge in [-0.2, -0.15) is 0 Å². The molecule has 1 heterocycles. The lowest BCUT2D eigenvalue weighted by atomic mass is 9.85. The van der Waals surface area contributed by atoms with Crippen molar-refractivity contribution in [2.24, 2.45) is 5.92 Å². The van der Waals surface area contributed by atoms with Crippen molar-refractivity contribution >= 4 is 5.91 Å². The summed E-state index contributed by atoms with van der Waals surface area (Å²) in [5.41, 5.74) is 0. The second-order valence-electron chi connectivity index (χ2n) is 5.70. The van der Waals surface area contributed by atoms with Crippen LogP contribution in [0.5, 0.6) is 0 Å². The van der Waals surface area contributed by atoms with Gasteiger partial charge in [-0.15, -0.1) is 0 Å². The number of amides is 1. The second kappa shape index (κ2) is 5.83. The Morgan fingerprint density at radius 2 is 2.12 bits per heavy atom. The van der Waals surface area contributed by atoms with Crippen LogP contribution in [0.1, 0.15) is 32.1 Å². The summed E-state index contributed by atoms with van der Waals surface area (Å²) in [5, 5.41) is 6.53. The van der Waals surface area contributed by atoms with E-state index >= 15 is 0 Å². The molecule has 4 heteroatoms. The average molecular weight is 239 g/mol. The summed E-state index contributed by atoms with van der Waals surface area (Å²) in [4.78, 5) is 14.1. The third-order valence-electron chi connectivity index (χ3n) is 4.04. The highest BCUT2D eigenvalue weighted by Crippen LogP contribution is 2.33. The number of fused-ring (bicyclic) bond motifs is 1. The Hall–Kier alpha value is -0.610. The Morgan fingerprint density at radius 3 is 2.82 bits per heavy atom. The quantitative estimate of drug-likeness (QED) is 0.754. The first-order valence-corrected chi connectivity index (χ1v) is 6.85. The van der Waals surface area contributed by atoms with Gasteiger partial charge in [-0.25, -0.2) is 0 Å². The van der Waals surface area contributed by atoms with E-state index in [4.69, 9.17) is 0 Å². The lowest BCUT2D eigenvalue weighted by molar-refractivity contribution is -0.122. The van der Waals surface area contributed by atoms with E-state index in [-0.39, 0.29) is 11.9 Å². The van der Waals surface area contributed by atoms with Crippen molar-refractivity contribution in [3.05, 3.63) is 0 Å². The minimum atomic E-state index is 0.0604. The molecule has 1 amide bonds. The maximum Gasteiger partial charge on any atom is 0.237 e. The van der Waals surface area contributed by atoms with E-state index in [1.54, 1.807) is 0 Å². The molecular weight excluding hydrogens is 214 g/mol. The summed E-state index contributed by atoms with van der Waals surface area (Å²) in [6.07, 6.45) is 6.27. The molecule has 0 aromatic carbocycles. The van der Waals surface area contributed by atoms with E-state index in [0.29, 0.717) is 6.04 Å². The molecule has 2 N–H and O–H groups in total. The lowest BCUT2D eigenvalue weighted by Gasteiger charge is -2.24. The molecule has 0 radical (unpaired) electrons. The largest absolute Gasteiger partial charge is 0.353 e. The molecule has 4 nitrogen and oxygen atoms in total. The minimum Gasteiger partial charge on any atom is -0.353 e. The molecule has 1 aliphatic heterocycles. The Morgan fingerprint density at radius 1 is 1.35 bits per heavy atom. The summed E-state index contributed by atoms with van der Waals surface area (Å²) < 4.78 is 0. The first-order valence-electron chi connectivity index (χ1n) is 6.85. The van der Waals surface area contributed by atoms with Crippen LogP contribution in [0, 0.1) is 5.92 Å². The van der Waals surface area contributed by atoms with E-state index in [1.807, 2.05) is 14.1 Å². The zero-order valence-electron chi connectivity index (χ0n) is 11.0. The fourth-order valence-electron chi connectivity index (χ4n) is 3.05. The monoisotopic (exact) mass is 239 g/mol. The molecule has 1 saturated carbocycles. The van der Waals surface area contributed by atoms with E-state index in [2.05, 4.69) is 15.5 Å². The number of rotatable bonds is 4. The van der Waals surface area contributed by atoms with Gasteiger partial charge in [0.15, 0.2) is 0 Å². The van der Waals surface area contributed by atoms with E-state index in [9.17, 15) is 4.79 Å². The van der Waals surface area contributed by atoms with Crippen LogP contribution >= 0.6 is 0 Å². The molecule has 3 atom stereocenters. The van der Waals surface area contributed by atoms with Gasteiger partial charge in [0.25, 0.3) is 0 Å². The number of carbonyl (C=O) groups excluding carboxylic acids is 1. The Labute approximate surface area is 104 Å². The van der Waals surface area contributed by atoms with Crippen molar-refractivity contribution < 1.29 is 4.79 Å². The zero-order chi connectivity index (χ0) is 12.3. The van der Waals surface area contributed by atoms with Crippen molar-refractivity contribution in [1.82, 2.24) is 15.5 Å². The highest BCUT2D eigenvalue weighted by atomic mass is 16.2. The Kier molecular flexibility index (Phi) is 4.40. The predicted molar refractivity (Wildman–Crippen MR) is 68.9 cm³/mol. The lowest BCUT2D eigenvalue weighted by Crippen LogP contribution is -2.44. The van der Waals surface area contributed by atoms with Gasteiger partial charge in [-0.3, -0.25) is 4.79 Å². The fourth-order valence-corrected chi connectivity index (χ4v) is 3.05. The van der Waals surface area contributed by atoms with Gasteiger partial charge in [0.2, 0.25) is 5.91 Å². The van der Waals surface area contributed by atoms with Crippen LogP contribution in [0.2, 0.25) is 0 Å².